The van der Waals surface area contributed by atoms with Crippen LogP contribution < -0.4 is 0 Å². The first-order valence-corrected chi connectivity index (χ1v) is 12.1. The number of rotatable bonds is 5. The van der Waals surface area contributed by atoms with Crippen LogP contribution in [-0.4, -0.2) is 72.5 Å². The highest BCUT2D eigenvalue weighted by Crippen LogP contribution is 2.24. The number of carbonyl (C=O) groups is 1. The smallest absolute Gasteiger partial charge is 0.243 e. The third-order valence-corrected chi connectivity index (χ3v) is 8.02. The van der Waals surface area contributed by atoms with Crippen LogP contribution in [0, 0.1) is 5.92 Å². The van der Waals surface area contributed by atoms with E-state index in [1.165, 1.54) is 10.7 Å². The molecule has 2 saturated heterocycles. The average molecular weight is 435 g/mol. The summed E-state index contributed by atoms with van der Waals surface area (Å²) in [7, 11) is -1.65. The fourth-order valence-corrected chi connectivity index (χ4v) is 5.77. The minimum atomic E-state index is -3.56. The lowest BCUT2D eigenvalue weighted by atomic mass is 10.00. The van der Waals surface area contributed by atoms with Crippen molar-refractivity contribution in [1.82, 2.24) is 18.8 Å². The number of carbonyl (C=O) groups excluding carboxylic acids is 1. The fourth-order valence-electron chi connectivity index (χ4n) is 4.34. The quantitative estimate of drug-likeness (QED) is 0.716. The molecule has 8 nitrogen and oxygen atoms in total. The maximum atomic E-state index is 12.9. The summed E-state index contributed by atoms with van der Waals surface area (Å²) in [6, 6.07) is 5.07. The number of sulfonamides is 1. The fraction of sp³-hybridized carbons (Fsp3) is 0.619. The van der Waals surface area contributed by atoms with Crippen molar-refractivity contribution in [3.63, 3.8) is 0 Å². The Morgan fingerprint density at radius 1 is 1.23 bits per heavy atom. The number of likely N-dealkylation sites (tertiary alicyclic amines) is 1. The Labute approximate surface area is 177 Å². The molecule has 0 radical (unpaired) electrons. The van der Waals surface area contributed by atoms with E-state index in [4.69, 9.17) is 4.74 Å². The van der Waals surface area contributed by atoms with Gasteiger partial charge in [0.1, 0.15) is 5.82 Å². The summed E-state index contributed by atoms with van der Waals surface area (Å²) in [5, 5.41) is 0. The van der Waals surface area contributed by atoms with Crippen molar-refractivity contribution in [2.24, 2.45) is 13.0 Å². The predicted octanol–water partition coefficient (Wildman–Crippen LogP) is 1.79. The number of piperidine rings is 1. The number of nitrogens with zero attached hydrogens (tertiary/aromatic N) is 4. The van der Waals surface area contributed by atoms with E-state index in [9.17, 15) is 13.2 Å². The molecule has 2 aliphatic rings. The molecule has 1 aromatic heterocycles. The van der Waals surface area contributed by atoms with Crippen LogP contribution in [0.15, 0.2) is 23.1 Å². The molecule has 164 valence electrons. The van der Waals surface area contributed by atoms with Crippen LogP contribution in [0.1, 0.15) is 32.0 Å². The van der Waals surface area contributed by atoms with Gasteiger partial charge in [-0.25, -0.2) is 13.4 Å². The number of fused-ring (bicyclic) bond motifs is 1. The predicted molar refractivity (Wildman–Crippen MR) is 114 cm³/mol. The summed E-state index contributed by atoms with van der Waals surface area (Å²) in [5.74, 6) is 1.53. The molecule has 0 aliphatic carbocycles. The molecule has 1 unspecified atom stereocenters. The molecule has 1 atom stereocenters. The Balaban J connectivity index is 1.50. The lowest BCUT2D eigenvalue weighted by Crippen LogP contribution is -2.40. The highest BCUT2D eigenvalue weighted by atomic mass is 32.2. The molecular formula is C21H30N4O4S. The van der Waals surface area contributed by atoms with Gasteiger partial charge in [-0.3, -0.25) is 4.79 Å². The zero-order chi connectivity index (χ0) is 21.3. The van der Waals surface area contributed by atoms with Crippen LogP contribution in [-0.2, 0) is 33.0 Å². The topological polar surface area (TPSA) is 84.7 Å². The Kier molecular flexibility index (Phi) is 6.13. The lowest BCUT2D eigenvalue weighted by Gasteiger charge is -2.31. The molecule has 2 fully saturated rings. The van der Waals surface area contributed by atoms with Gasteiger partial charge in [0.25, 0.3) is 0 Å². The van der Waals surface area contributed by atoms with E-state index in [1.807, 2.05) is 16.5 Å². The normalized spacial score (nSPS) is 21.3. The largest absolute Gasteiger partial charge is 0.379 e. The Morgan fingerprint density at radius 3 is 2.73 bits per heavy atom. The molecule has 9 heteroatoms. The Morgan fingerprint density at radius 2 is 2.00 bits per heavy atom. The molecule has 30 heavy (non-hydrogen) atoms. The Bertz CT molecular complexity index is 1030. The molecule has 0 bridgehead atoms. The zero-order valence-electron chi connectivity index (χ0n) is 17.7. The van der Waals surface area contributed by atoms with Gasteiger partial charge >= 0.3 is 0 Å². The van der Waals surface area contributed by atoms with E-state index >= 15 is 0 Å². The number of hydrogen-bond donors (Lipinski definition) is 0. The van der Waals surface area contributed by atoms with Gasteiger partial charge in [-0.05, 0) is 37.0 Å². The van der Waals surface area contributed by atoms with Gasteiger partial charge in [-0.15, -0.1) is 0 Å². The molecule has 0 saturated carbocycles. The average Bonchev–Trinajstić information content (AvgIpc) is 3.07. The third kappa shape index (κ3) is 4.24. The van der Waals surface area contributed by atoms with Crippen molar-refractivity contribution in [1.29, 1.82) is 0 Å². The van der Waals surface area contributed by atoms with E-state index in [-0.39, 0.29) is 10.8 Å². The van der Waals surface area contributed by atoms with Gasteiger partial charge in [0.05, 0.1) is 29.1 Å². The molecule has 0 spiro atoms. The number of morpholine rings is 1. The van der Waals surface area contributed by atoms with E-state index in [0.29, 0.717) is 50.6 Å². The van der Waals surface area contributed by atoms with E-state index in [1.54, 1.807) is 18.2 Å². The maximum Gasteiger partial charge on any atom is 0.243 e. The first-order valence-electron chi connectivity index (χ1n) is 10.7. The second kappa shape index (κ2) is 8.64. The van der Waals surface area contributed by atoms with E-state index in [2.05, 4.69) is 11.9 Å². The first kappa shape index (κ1) is 21.3. The van der Waals surface area contributed by atoms with Gasteiger partial charge in [0, 0.05) is 46.1 Å². The molecule has 0 N–H and O–H groups in total. The van der Waals surface area contributed by atoms with Gasteiger partial charge in [-0.2, -0.15) is 4.31 Å². The van der Waals surface area contributed by atoms with Crippen molar-refractivity contribution >= 4 is 27.0 Å². The number of imidazole rings is 1. The van der Waals surface area contributed by atoms with Crippen LogP contribution in [0.4, 0.5) is 0 Å². The molecule has 2 aromatic rings. The van der Waals surface area contributed by atoms with Crippen molar-refractivity contribution < 1.29 is 17.9 Å². The standard InChI is InChI=1S/C21H30N4O4S/c1-16-4-3-9-24(15-16)21(26)8-7-20-22-18-14-17(5-6-19(18)23(20)2)30(27,28)25-10-12-29-13-11-25/h5-6,14,16H,3-4,7-13,15H2,1-2H3. The maximum absolute atomic E-state index is 12.9. The van der Waals surface area contributed by atoms with E-state index < -0.39 is 10.0 Å². The highest BCUT2D eigenvalue weighted by Gasteiger charge is 2.27. The van der Waals surface area contributed by atoms with Gasteiger partial charge in [0.15, 0.2) is 0 Å². The van der Waals surface area contributed by atoms with Gasteiger partial charge in [0.2, 0.25) is 15.9 Å². The summed E-state index contributed by atoms with van der Waals surface area (Å²) < 4.78 is 34.5. The summed E-state index contributed by atoms with van der Waals surface area (Å²) >= 11 is 0. The minimum absolute atomic E-state index is 0.171. The van der Waals surface area contributed by atoms with Crippen molar-refractivity contribution in [3.05, 3.63) is 24.0 Å². The summed E-state index contributed by atoms with van der Waals surface area (Å²) in [6.07, 6.45) is 3.22. The van der Waals surface area contributed by atoms with Crippen LogP contribution in [0.2, 0.25) is 0 Å². The number of benzene rings is 1. The monoisotopic (exact) mass is 434 g/mol. The zero-order valence-corrected chi connectivity index (χ0v) is 18.5. The van der Waals surface area contributed by atoms with Gasteiger partial charge in [-0.1, -0.05) is 6.92 Å². The molecular weight excluding hydrogens is 404 g/mol. The van der Waals surface area contributed by atoms with Crippen LogP contribution in [0.3, 0.4) is 0 Å². The molecule has 1 aromatic carbocycles. The molecule has 2 aliphatic heterocycles. The lowest BCUT2D eigenvalue weighted by molar-refractivity contribution is -0.132. The summed E-state index contributed by atoms with van der Waals surface area (Å²) in [4.78, 5) is 19.5. The van der Waals surface area contributed by atoms with E-state index in [0.717, 1.165) is 30.9 Å². The highest BCUT2D eigenvalue weighted by molar-refractivity contribution is 7.89. The number of amides is 1. The number of aromatic nitrogens is 2. The van der Waals surface area contributed by atoms with Crippen LogP contribution in [0.5, 0.6) is 0 Å². The van der Waals surface area contributed by atoms with Gasteiger partial charge < -0.3 is 14.2 Å². The second-order valence-corrected chi connectivity index (χ2v) is 10.3. The second-order valence-electron chi connectivity index (χ2n) is 8.34. The number of hydrogen-bond acceptors (Lipinski definition) is 5. The molecule has 1 amide bonds. The molecule has 4 rings (SSSR count). The third-order valence-electron chi connectivity index (χ3n) is 6.12. The summed E-state index contributed by atoms with van der Waals surface area (Å²) in [6.45, 7) is 5.43. The first-order chi connectivity index (χ1) is 14.4. The van der Waals surface area contributed by atoms with Crippen LogP contribution in [0.25, 0.3) is 11.0 Å². The Hall–Kier alpha value is -1.97. The number of aryl methyl sites for hydroxylation is 2. The molecule has 3 heterocycles. The van der Waals surface area contributed by atoms with Crippen molar-refractivity contribution in [2.75, 3.05) is 39.4 Å². The summed E-state index contributed by atoms with van der Waals surface area (Å²) in [5.41, 5.74) is 1.51. The van der Waals surface area contributed by atoms with Crippen LogP contribution >= 0.6 is 0 Å². The SMILES string of the molecule is CC1CCCN(C(=O)CCc2nc3cc(S(=O)(=O)N4CCOCC4)ccc3n2C)C1. The minimum Gasteiger partial charge on any atom is -0.379 e. The van der Waals surface area contributed by atoms with Crippen molar-refractivity contribution in [3.8, 4) is 0 Å². The van der Waals surface area contributed by atoms with Crippen molar-refractivity contribution in [2.45, 2.75) is 37.5 Å². The number of ether oxygens (including phenoxy) is 1.